The van der Waals surface area contributed by atoms with E-state index in [1.165, 1.54) is 26.0 Å². The van der Waals surface area contributed by atoms with E-state index in [-0.39, 0.29) is 11.3 Å². The minimum atomic E-state index is -5.04. The molecular formula is C23H20Cl3F4NO3. The molecule has 0 heterocycles. The topological polar surface area (TPSA) is 70.3 Å². The number of hydrogen-bond acceptors (Lipinski definition) is 3. The molecule has 0 aliphatic rings. The number of carboxylic acids is 1. The average molecular weight is 541 g/mol. The molecule has 0 saturated heterocycles. The SMILES string of the molecule is CC(C)(C(Cl)CC(Cl)(Cl)C(F)(F)F)C(C#N)(Cc1ccc(F)c(Oc2ccccc2)c1)C(=O)O. The van der Waals surface area contributed by atoms with Crippen LogP contribution in [0.25, 0.3) is 0 Å². The van der Waals surface area contributed by atoms with Gasteiger partial charge in [0.15, 0.2) is 17.0 Å². The Balaban J connectivity index is 2.45. The number of alkyl halides is 6. The number of nitrogens with zero attached hydrogens (tertiary/aromatic N) is 1. The Labute approximate surface area is 209 Å². The zero-order valence-corrected chi connectivity index (χ0v) is 20.2. The van der Waals surface area contributed by atoms with Gasteiger partial charge in [0, 0.05) is 23.6 Å². The maximum absolute atomic E-state index is 14.3. The molecule has 2 aromatic rings. The van der Waals surface area contributed by atoms with Crippen LogP contribution in [-0.2, 0) is 11.2 Å². The van der Waals surface area contributed by atoms with Crippen molar-refractivity contribution in [3.63, 3.8) is 0 Å². The van der Waals surface area contributed by atoms with Gasteiger partial charge in [0.2, 0.25) is 4.33 Å². The zero-order valence-electron chi connectivity index (χ0n) is 18.0. The van der Waals surface area contributed by atoms with Gasteiger partial charge in [-0.05, 0) is 29.8 Å². The standard InChI is InChI=1S/C23H20Cl3F4NO3/c1-20(2,18(24)12-22(25,26)23(28,29)30)21(13-31,19(32)33)11-14-8-9-16(27)17(10-14)34-15-6-4-3-5-7-15/h3-10,18H,11-12H2,1-2H3,(H,32,33). The molecule has 0 aromatic heterocycles. The van der Waals surface area contributed by atoms with Crippen LogP contribution in [-0.4, -0.2) is 27.0 Å². The molecule has 0 fully saturated rings. The van der Waals surface area contributed by atoms with Crippen LogP contribution in [0.5, 0.6) is 11.5 Å². The monoisotopic (exact) mass is 539 g/mol. The lowest BCUT2D eigenvalue weighted by Crippen LogP contribution is -2.52. The summed E-state index contributed by atoms with van der Waals surface area (Å²) in [5, 5.41) is 18.4. The summed E-state index contributed by atoms with van der Waals surface area (Å²) < 4.78 is 56.1. The maximum Gasteiger partial charge on any atom is 0.421 e. The Kier molecular flexibility index (Phi) is 8.40. The highest BCUT2D eigenvalue weighted by molar-refractivity contribution is 6.49. The quantitative estimate of drug-likeness (QED) is 0.264. The van der Waals surface area contributed by atoms with Gasteiger partial charge < -0.3 is 9.84 Å². The van der Waals surface area contributed by atoms with E-state index in [0.717, 1.165) is 6.07 Å². The lowest BCUT2D eigenvalue weighted by Gasteiger charge is -2.43. The summed E-state index contributed by atoms with van der Waals surface area (Å²) in [6, 6.07) is 13.4. The molecule has 0 spiro atoms. The first-order valence-electron chi connectivity index (χ1n) is 9.82. The van der Waals surface area contributed by atoms with Crippen LogP contribution in [0.2, 0.25) is 0 Å². The third-order valence-electron chi connectivity index (χ3n) is 5.73. The molecule has 2 unspecified atom stereocenters. The van der Waals surface area contributed by atoms with Crippen molar-refractivity contribution in [2.45, 2.75) is 42.6 Å². The van der Waals surface area contributed by atoms with Crippen molar-refractivity contribution >= 4 is 40.8 Å². The molecule has 2 rings (SSSR count). The van der Waals surface area contributed by atoms with Gasteiger partial charge in [-0.3, -0.25) is 4.79 Å². The third kappa shape index (κ3) is 5.70. The molecule has 2 atom stereocenters. The van der Waals surface area contributed by atoms with E-state index in [1.807, 2.05) is 0 Å². The largest absolute Gasteiger partial charge is 0.480 e. The molecule has 11 heteroatoms. The van der Waals surface area contributed by atoms with Gasteiger partial charge in [0.05, 0.1) is 6.07 Å². The molecule has 0 saturated carbocycles. The fourth-order valence-electron chi connectivity index (χ4n) is 3.33. The molecule has 2 aromatic carbocycles. The second-order valence-corrected chi connectivity index (χ2v) is 10.3. The van der Waals surface area contributed by atoms with Gasteiger partial charge in [-0.2, -0.15) is 18.4 Å². The summed E-state index contributed by atoms with van der Waals surface area (Å²) in [6.45, 7) is 2.49. The van der Waals surface area contributed by atoms with Crippen LogP contribution >= 0.6 is 34.8 Å². The highest BCUT2D eigenvalue weighted by Crippen LogP contribution is 2.52. The average Bonchev–Trinajstić information content (AvgIpc) is 2.73. The Morgan fingerprint density at radius 1 is 1.15 bits per heavy atom. The van der Waals surface area contributed by atoms with E-state index >= 15 is 0 Å². The number of aliphatic carboxylic acids is 1. The Bertz CT molecular complexity index is 1070. The first kappa shape index (κ1) is 28.0. The number of benzene rings is 2. The summed E-state index contributed by atoms with van der Waals surface area (Å²) in [5.41, 5.74) is -3.91. The number of rotatable bonds is 9. The highest BCUT2D eigenvalue weighted by Gasteiger charge is 2.60. The number of para-hydroxylation sites is 1. The van der Waals surface area contributed by atoms with Gasteiger partial charge in [-0.1, -0.05) is 61.3 Å². The Morgan fingerprint density at radius 3 is 2.24 bits per heavy atom. The normalized spacial score (nSPS) is 15.2. The predicted molar refractivity (Wildman–Crippen MR) is 121 cm³/mol. The number of ether oxygens (including phenoxy) is 1. The van der Waals surface area contributed by atoms with Crippen LogP contribution < -0.4 is 4.74 Å². The summed E-state index contributed by atoms with van der Waals surface area (Å²) >= 11 is 17.1. The van der Waals surface area contributed by atoms with Crippen molar-refractivity contribution in [1.82, 2.24) is 0 Å². The van der Waals surface area contributed by atoms with E-state index in [1.54, 1.807) is 36.4 Å². The first-order chi connectivity index (χ1) is 15.6. The second-order valence-electron chi connectivity index (χ2n) is 8.27. The number of carboxylic acid groups (broad SMARTS) is 1. The fourth-order valence-corrected chi connectivity index (χ4v) is 4.22. The van der Waals surface area contributed by atoms with Crippen LogP contribution in [0.1, 0.15) is 25.8 Å². The fraction of sp³-hybridized carbons (Fsp3) is 0.391. The molecule has 0 aliphatic carbocycles. The van der Waals surface area contributed by atoms with Crippen molar-refractivity contribution in [2.24, 2.45) is 10.8 Å². The minimum Gasteiger partial charge on any atom is -0.480 e. The van der Waals surface area contributed by atoms with Crippen molar-refractivity contribution in [3.8, 4) is 17.6 Å². The molecule has 0 radical (unpaired) electrons. The van der Waals surface area contributed by atoms with Gasteiger partial charge in [-0.15, -0.1) is 11.6 Å². The van der Waals surface area contributed by atoms with Crippen molar-refractivity contribution in [1.29, 1.82) is 5.26 Å². The molecule has 0 bridgehead atoms. The lowest BCUT2D eigenvalue weighted by molar-refractivity contribution is -0.153. The summed E-state index contributed by atoms with van der Waals surface area (Å²) in [5.74, 6) is -2.27. The van der Waals surface area contributed by atoms with E-state index < -0.39 is 51.3 Å². The molecule has 0 amide bonds. The van der Waals surface area contributed by atoms with Crippen molar-refractivity contribution in [3.05, 3.63) is 59.9 Å². The molecule has 0 aliphatic heterocycles. The first-order valence-corrected chi connectivity index (χ1v) is 11.0. The van der Waals surface area contributed by atoms with Gasteiger partial charge in [0.25, 0.3) is 0 Å². The van der Waals surface area contributed by atoms with Crippen molar-refractivity contribution in [2.75, 3.05) is 0 Å². The molecular weight excluding hydrogens is 521 g/mol. The van der Waals surface area contributed by atoms with Gasteiger partial charge in [0.1, 0.15) is 5.75 Å². The van der Waals surface area contributed by atoms with E-state index in [4.69, 9.17) is 39.5 Å². The minimum absolute atomic E-state index is 0.187. The summed E-state index contributed by atoms with van der Waals surface area (Å²) in [4.78, 5) is 12.3. The van der Waals surface area contributed by atoms with E-state index in [2.05, 4.69) is 0 Å². The Morgan fingerprint density at radius 2 is 1.74 bits per heavy atom. The molecule has 4 nitrogen and oxygen atoms in total. The Hall–Kier alpha value is -2.21. The van der Waals surface area contributed by atoms with Crippen LogP contribution in [0, 0.1) is 28.0 Å². The molecule has 184 valence electrons. The molecule has 34 heavy (non-hydrogen) atoms. The van der Waals surface area contributed by atoms with E-state index in [9.17, 15) is 32.7 Å². The van der Waals surface area contributed by atoms with Gasteiger partial charge >= 0.3 is 12.1 Å². The van der Waals surface area contributed by atoms with Crippen LogP contribution in [0.4, 0.5) is 17.6 Å². The zero-order chi connectivity index (χ0) is 25.9. The maximum atomic E-state index is 14.3. The highest BCUT2D eigenvalue weighted by atomic mass is 35.5. The van der Waals surface area contributed by atoms with Crippen LogP contribution in [0.3, 0.4) is 0 Å². The van der Waals surface area contributed by atoms with Crippen LogP contribution in [0.15, 0.2) is 48.5 Å². The predicted octanol–water partition coefficient (Wildman–Crippen LogP) is 7.51. The van der Waals surface area contributed by atoms with Gasteiger partial charge in [-0.25, -0.2) is 4.39 Å². The summed E-state index contributed by atoms with van der Waals surface area (Å²) in [6.07, 6.45) is -6.63. The smallest absolute Gasteiger partial charge is 0.421 e. The third-order valence-corrected chi connectivity index (χ3v) is 7.16. The lowest BCUT2D eigenvalue weighted by atomic mass is 9.61. The summed E-state index contributed by atoms with van der Waals surface area (Å²) in [7, 11) is 0. The number of nitriles is 1. The second kappa shape index (κ2) is 10.2. The van der Waals surface area contributed by atoms with E-state index in [0.29, 0.717) is 5.75 Å². The van der Waals surface area contributed by atoms with Crippen molar-refractivity contribution < 1.29 is 32.2 Å². The molecule has 1 N–H and O–H groups in total. The number of hydrogen-bond donors (Lipinski definition) is 1. The number of halogens is 7. The number of carbonyl (C=O) groups is 1.